The van der Waals surface area contributed by atoms with Crippen molar-refractivity contribution < 1.29 is 17.9 Å². The van der Waals surface area contributed by atoms with E-state index in [1.165, 1.54) is 18.9 Å². The predicted octanol–water partition coefficient (Wildman–Crippen LogP) is 3.50. The number of ether oxygens (including phenoxy) is 1. The van der Waals surface area contributed by atoms with E-state index in [2.05, 4.69) is 24.8 Å². The molecule has 3 fully saturated rings. The highest BCUT2D eigenvalue weighted by Gasteiger charge is 2.37. The van der Waals surface area contributed by atoms with Crippen molar-refractivity contribution in [3.8, 4) is 5.88 Å². The summed E-state index contributed by atoms with van der Waals surface area (Å²) < 4.78 is 45.0. The minimum absolute atomic E-state index is 0.0534. The van der Waals surface area contributed by atoms with Crippen LogP contribution in [-0.4, -0.2) is 63.1 Å². The zero-order chi connectivity index (χ0) is 21.4. The van der Waals surface area contributed by atoms with Gasteiger partial charge in [-0.25, -0.2) is 9.97 Å². The van der Waals surface area contributed by atoms with E-state index in [9.17, 15) is 13.2 Å². The Labute approximate surface area is 179 Å². The van der Waals surface area contributed by atoms with Crippen LogP contribution in [0.25, 0.3) is 0 Å². The van der Waals surface area contributed by atoms with Crippen LogP contribution in [0.15, 0.2) is 30.6 Å². The molecular weight excluding hydrogens is 407 g/mol. The van der Waals surface area contributed by atoms with Gasteiger partial charge in [0.2, 0.25) is 5.88 Å². The van der Waals surface area contributed by atoms with Gasteiger partial charge in [0.15, 0.2) is 0 Å². The standard InChI is InChI=1S/C22H26F3N5O/c23-22(24,25)20-4-1-3-16(28-20)12-29-7-2-8-30-14-18(9-17(30)13-29)31-21-11-26-19(10-27-21)15-5-6-15/h1,3-4,10-11,15,17-18H,2,5-9,12-14H2/t17-,18+/m0/s1. The Bertz CT molecular complexity index is 903. The van der Waals surface area contributed by atoms with Gasteiger partial charge in [0.25, 0.3) is 0 Å². The average Bonchev–Trinajstić information content (AvgIpc) is 3.54. The molecule has 5 rings (SSSR count). The molecule has 0 aromatic carbocycles. The summed E-state index contributed by atoms with van der Waals surface area (Å²) in [5.74, 6) is 1.14. The highest BCUT2D eigenvalue weighted by atomic mass is 19.4. The Balaban J connectivity index is 1.19. The van der Waals surface area contributed by atoms with Crippen LogP contribution >= 0.6 is 0 Å². The first-order valence-electron chi connectivity index (χ1n) is 10.9. The molecule has 1 aliphatic carbocycles. The topological polar surface area (TPSA) is 54.4 Å². The van der Waals surface area contributed by atoms with E-state index in [0.29, 0.717) is 30.1 Å². The minimum atomic E-state index is -4.42. The molecule has 4 heterocycles. The second-order valence-corrected chi connectivity index (χ2v) is 8.78. The van der Waals surface area contributed by atoms with E-state index in [1.54, 1.807) is 12.3 Å². The van der Waals surface area contributed by atoms with Gasteiger partial charge in [0.1, 0.15) is 11.8 Å². The summed E-state index contributed by atoms with van der Waals surface area (Å²) in [6.45, 7) is 3.87. The number of aromatic nitrogens is 3. The molecule has 2 atom stereocenters. The summed E-state index contributed by atoms with van der Waals surface area (Å²) in [6, 6.07) is 4.44. The fraction of sp³-hybridized carbons (Fsp3) is 0.591. The molecule has 9 heteroatoms. The fourth-order valence-electron chi connectivity index (χ4n) is 4.62. The van der Waals surface area contributed by atoms with Crippen molar-refractivity contribution in [2.24, 2.45) is 0 Å². The van der Waals surface area contributed by atoms with Crippen LogP contribution in [0.1, 0.15) is 48.7 Å². The third-order valence-corrected chi connectivity index (χ3v) is 6.29. The van der Waals surface area contributed by atoms with E-state index in [0.717, 1.165) is 50.8 Å². The first-order chi connectivity index (χ1) is 14.9. The van der Waals surface area contributed by atoms with Gasteiger partial charge in [-0.3, -0.25) is 14.8 Å². The van der Waals surface area contributed by atoms with Crippen LogP contribution in [-0.2, 0) is 12.7 Å². The predicted molar refractivity (Wildman–Crippen MR) is 108 cm³/mol. The van der Waals surface area contributed by atoms with Gasteiger partial charge < -0.3 is 4.74 Å². The number of rotatable bonds is 5. The van der Waals surface area contributed by atoms with Crippen molar-refractivity contribution in [1.29, 1.82) is 0 Å². The van der Waals surface area contributed by atoms with Crippen LogP contribution in [0.5, 0.6) is 5.88 Å². The molecule has 0 spiro atoms. The molecule has 6 nitrogen and oxygen atoms in total. The average molecular weight is 433 g/mol. The zero-order valence-corrected chi connectivity index (χ0v) is 17.3. The van der Waals surface area contributed by atoms with Crippen LogP contribution in [0.3, 0.4) is 0 Å². The molecule has 2 aromatic rings. The van der Waals surface area contributed by atoms with E-state index in [1.807, 2.05) is 6.20 Å². The maximum absolute atomic E-state index is 13.0. The van der Waals surface area contributed by atoms with Crippen LogP contribution in [0.4, 0.5) is 13.2 Å². The lowest BCUT2D eigenvalue weighted by atomic mass is 10.2. The van der Waals surface area contributed by atoms with E-state index < -0.39 is 11.9 Å². The Hall–Kier alpha value is -2.26. The van der Waals surface area contributed by atoms with Crippen molar-refractivity contribution in [2.45, 2.75) is 56.5 Å². The van der Waals surface area contributed by atoms with Crippen molar-refractivity contribution in [3.63, 3.8) is 0 Å². The fourth-order valence-corrected chi connectivity index (χ4v) is 4.62. The highest BCUT2D eigenvalue weighted by Crippen LogP contribution is 2.38. The van der Waals surface area contributed by atoms with Crippen LogP contribution < -0.4 is 4.74 Å². The normalized spacial score (nSPS) is 25.3. The maximum Gasteiger partial charge on any atom is 0.433 e. The highest BCUT2D eigenvalue weighted by molar-refractivity contribution is 5.16. The van der Waals surface area contributed by atoms with Gasteiger partial charge in [-0.1, -0.05) is 6.07 Å². The lowest BCUT2D eigenvalue weighted by molar-refractivity contribution is -0.141. The Morgan fingerprint density at radius 1 is 1.06 bits per heavy atom. The third kappa shape index (κ3) is 4.98. The summed E-state index contributed by atoms with van der Waals surface area (Å²) in [5, 5.41) is 0. The third-order valence-electron chi connectivity index (χ3n) is 6.29. The molecule has 166 valence electrons. The lowest BCUT2D eigenvalue weighted by Crippen LogP contribution is -2.36. The molecule has 2 aromatic heterocycles. The summed E-state index contributed by atoms with van der Waals surface area (Å²) in [7, 11) is 0. The monoisotopic (exact) mass is 433 g/mol. The van der Waals surface area contributed by atoms with Crippen molar-refractivity contribution >= 4 is 0 Å². The number of pyridine rings is 1. The summed E-state index contributed by atoms with van der Waals surface area (Å²) in [4.78, 5) is 17.4. The molecule has 3 aliphatic rings. The molecule has 1 saturated carbocycles. The van der Waals surface area contributed by atoms with Crippen molar-refractivity contribution in [1.82, 2.24) is 24.8 Å². The van der Waals surface area contributed by atoms with Gasteiger partial charge in [0, 0.05) is 38.0 Å². The molecule has 0 unspecified atom stereocenters. The van der Waals surface area contributed by atoms with E-state index >= 15 is 0 Å². The van der Waals surface area contributed by atoms with Crippen molar-refractivity contribution in [3.05, 3.63) is 47.7 Å². The van der Waals surface area contributed by atoms with Crippen molar-refractivity contribution in [2.75, 3.05) is 26.2 Å². The first-order valence-corrected chi connectivity index (χ1v) is 10.9. The number of hydrogen-bond donors (Lipinski definition) is 0. The van der Waals surface area contributed by atoms with Crippen LogP contribution in [0.2, 0.25) is 0 Å². The largest absolute Gasteiger partial charge is 0.472 e. The van der Waals surface area contributed by atoms with E-state index in [4.69, 9.17) is 4.74 Å². The number of fused-ring (bicyclic) bond motifs is 1. The molecule has 31 heavy (non-hydrogen) atoms. The maximum atomic E-state index is 13.0. The van der Waals surface area contributed by atoms with E-state index in [-0.39, 0.29) is 6.10 Å². The SMILES string of the molecule is FC(F)(F)c1cccc(CN2CCCN3C[C@H](Oc4cnc(C5CC5)cn4)C[C@H]3C2)n1. The van der Waals surface area contributed by atoms with Gasteiger partial charge in [-0.2, -0.15) is 13.2 Å². The minimum Gasteiger partial charge on any atom is -0.472 e. The Morgan fingerprint density at radius 3 is 2.68 bits per heavy atom. The molecule has 0 N–H and O–H groups in total. The Kier molecular flexibility index (Phi) is 5.56. The zero-order valence-electron chi connectivity index (χ0n) is 17.3. The molecule has 2 aliphatic heterocycles. The summed E-state index contributed by atoms with van der Waals surface area (Å²) >= 11 is 0. The lowest BCUT2D eigenvalue weighted by Gasteiger charge is -2.25. The quantitative estimate of drug-likeness (QED) is 0.720. The molecule has 2 saturated heterocycles. The molecule has 0 amide bonds. The summed E-state index contributed by atoms with van der Waals surface area (Å²) in [5.41, 5.74) is 0.677. The smallest absolute Gasteiger partial charge is 0.433 e. The number of alkyl halides is 3. The van der Waals surface area contributed by atoms with Gasteiger partial charge in [0.05, 0.1) is 23.8 Å². The van der Waals surface area contributed by atoms with Gasteiger partial charge in [-0.15, -0.1) is 0 Å². The second kappa shape index (κ2) is 8.35. The van der Waals surface area contributed by atoms with Gasteiger partial charge >= 0.3 is 6.18 Å². The number of halogens is 3. The Morgan fingerprint density at radius 2 is 1.94 bits per heavy atom. The summed E-state index contributed by atoms with van der Waals surface area (Å²) in [6.07, 6.45) is 3.42. The molecule has 0 bridgehead atoms. The van der Waals surface area contributed by atoms with Crippen LogP contribution in [0, 0.1) is 0 Å². The number of hydrogen-bond acceptors (Lipinski definition) is 6. The second-order valence-electron chi connectivity index (χ2n) is 8.78. The molecule has 0 radical (unpaired) electrons. The first kappa shape index (κ1) is 20.6. The molecular formula is C22H26F3N5O. The van der Waals surface area contributed by atoms with Gasteiger partial charge in [-0.05, 0) is 44.5 Å². The number of nitrogens with zero attached hydrogens (tertiary/aromatic N) is 5.